The highest BCUT2D eigenvalue weighted by molar-refractivity contribution is 5.97. The fourth-order valence-corrected chi connectivity index (χ4v) is 1.61. The third kappa shape index (κ3) is 4.50. The normalized spacial score (nSPS) is 10.5. The van der Waals surface area contributed by atoms with E-state index < -0.39 is 0 Å². The molecule has 6 nitrogen and oxygen atoms in total. The molecule has 1 amide bonds. The summed E-state index contributed by atoms with van der Waals surface area (Å²) in [7, 11) is 3.17. The van der Waals surface area contributed by atoms with E-state index >= 15 is 0 Å². The van der Waals surface area contributed by atoms with E-state index in [-0.39, 0.29) is 11.7 Å². The van der Waals surface area contributed by atoms with Crippen LogP contribution in [0.25, 0.3) is 0 Å². The summed E-state index contributed by atoms with van der Waals surface area (Å²) in [6.07, 6.45) is 0. The molecule has 1 heterocycles. The fraction of sp³-hybridized carbons (Fsp3) is 0.538. The molecule has 19 heavy (non-hydrogen) atoms. The van der Waals surface area contributed by atoms with E-state index in [1.165, 1.54) is 6.92 Å². The standard InChI is InChI=1S/C13H20N2O4/c1-10(16)11-4-5-12(14-11)13(17)15(6-8-18-2)7-9-19-3/h4-5,14H,6-9H2,1-3H3. The minimum Gasteiger partial charge on any atom is -0.383 e. The summed E-state index contributed by atoms with van der Waals surface area (Å²) in [6.45, 7) is 3.32. The Labute approximate surface area is 112 Å². The molecule has 106 valence electrons. The lowest BCUT2D eigenvalue weighted by Gasteiger charge is -2.21. The van der Waals surface area contributed by atoms with E-state index in [1.807, 2.05) is 0 Å². The van der Waals surface area contributed by atoms with Gasteiger partial charge in [-0.1, -0.05) is 0 Å². The van der Waals surface area contributed by atoms with Gasteiger partial charge in [-0.3, -0.25) is 9.59 Å². The maximum absolute atomic E-state index is 12.3. The van der Waals surface area contributed by atoms with Crippen LogP contribution in [-0.4, -0.2) is 62.1 Å². The molecular formula is C13H20N2O4. The molecule has 1 aromatic heterocycles. The number of rotatable bonds is 8. The summed E-state index contributed by atoms with van der Waals surface area (Å²) in [6, 6.07) is 3.23. The van der Waals surface area contributed by atoms with Crippen LogP contribution in [0.3, 0.4) is 0 Å². The van der Waals surface area contributed by atoms with Crippen molar-refractivity contribution in [3.63, 3.8) is 0 Å². The maximum Gasteiger partial charge on any atom is 0.270 e. The van der Waals surface area contributed by atoms with Crippen molar-refractivity contribution in [1.82, 2.24) is 9.88 Å². The van der Waals surface area contributed by atoms with Gasteiger partial charge in [-0.25, -0.2) is 0 Å². The summed E-state index contributed by atoms with van der Waals surface area (Å²) in [5, 5.41) is 0. The van der Waals surface area contributed by atoms with Gasteiger partial charge in [-0.2, -0.15) is 0 Å². The lowest BCUT2D eigenvalue weighted by molar-refractivity contribution is 0.0622. The number of aromatic nitrogens is 1. The highest BCUT2D eigenvalue weighted by Gasteiger charge is 2.17. The van der Waals surface area contributed by atoms with Gasteiger partial charge >= 0.3 is 0 Å². The van der Waals surface area contributed by atoms with Gasteiger partial charge in [0.1, 0.15) is 5.69 Å². The summed E-state index contributed by atoms with van der Waals surface area (Å²) < 4.78 is 9.97. The number of Topliss-reactive ketones (excluding diaryl/α,β-unsaturated/α-hetero) is 1. The smallest absolute Gasteiger partial charge is 0.270 e. The molecule has 0 spiro atoms. The number of carbonyl (C=O) groups is 2. The molecule has 0 aliphatic heterocycles. The van der Waals surface area contributed by atoms with Gasteiger partial charge in [0.25, 0.3) is 5.91 Å². The molecule has 1 aromatic rings. The number of amides is 1. The summed E-state index contributed by atoms with van der Waals surface area (Å²) in [5.41, 5.74) is 0.833. The van der Waals surface area contributed by atoms with Crippen molar-refractivity contribution in [2.75, 3.05) is 40.5 Å². The maximum atomic E-state index is 12.3. The van der Waals surface area contributed by atoms with E-state index in [9.17, 15) is 9.59 Å². The third-order valence-corrected chi connectivity index (χ3v) is 2.71. The van der Waals surface area contributed by atoms with Crippen LogP contribution in [-0.2, 0) is 9.47 Å². The second-order valence-corrected chi connectivity index (χ2v) is 4.12. The average molecular weight is 268 g/mol. The van der Waals surface area contributed by atoms with Gasteiger partial charge < -0.3 is 19.4 Å². The molecule has 0 radical (unpaired) electrons. The van der Waals surface area contributed by atoms with Crippen molar-refractivity contribution in [3.05, 3.63) is 23.5 Å². The van der Waals surface area contributed by atoms with Crippen molar-refractivity contribution in [2.45, 2.75) is 6.92 Å². The van der Waals surface area contributed by atoms with E-state index in [0.717, 1.165) is 0 Å². The number of hydrogen-bond acceptors (Lipinski definition) is 4. The Balaban J connectivity index is 2.75. The molecule has 0 bridgehead atoms. The van der Waals surface area contributed by atoms with Crippen molar-refractivity contribution >= 4 is 11.7 Å². The van der Waals surface area contributed by atoms with Crippen molar-refractivity contribution < 1.29 is 19.1 Å². The Morgan fingerprint density at radius 1 is 1.11 bits per heavy atom. The Hall–Kier alpha value is -1.66. The predicted octanol–water partition coefficient (Wildman–Crippen LogP) is 0.952. The lowest BCUT2D eigenvalue weighted by Crippen LogP contribution is -2.36. The Morgan fingerprint density at radius 3 is 2.05 bits per heavy atom. The highest BCUT2D eigenvalue weighted by atomic mass is 16.5. The number of nitrogens with zero attached hydrogens (tertiary/aromatic N) is 1. The zero-order valence-electron chi connectivity index (χ0n) is 11.6. The highest BCUT2D eigenvalue weighted by Crippen LogP contribution is 2.07. The molecule has 0 aromatic carbocycles. The number of methoxy groups -OCH3 is 2. The first-order chi connectivity index (χ1) is 9.10. The van der Waals surface area contributed by atoms with Crippen molar-refractivity contribution in [2.24, 2.45) is 0 Å². The monoisotopic (exact) mass is 268 g/mol. The molecule has 0 fully saturated rings. The first kappa shape index (κ1) is 15.4. The summed E-state index contributed by atoms with van der Waals surface area (Å²) >= 11 is 0. The zero-order chi connectivity index (χ0) is 14.3. The molecule has 1 rings (SSSR count). The number of H-pyrrole nitrogens is 1. The molecule has 0 saturated heterocycles. The number of hydrogen-bond donors (Lipinski definition) is 1. The van der Waals surface area contributed by atoms with E-state index in [4.69, 9.17) is 9.47 Å². The molecule has 0 atom stereocenters. The predicted molar refractivity (Wildman–Crippen MR) is 70.5 cm³/mol. The van der Waals surface area contributed by atoms with Crippen LogP contribution in [0.4, 0.5) is 0 Å². The quantitative estimate of drug-likeness (QED) is 0.713. The van der Waals surface area contributed by atoms with Crippen LogP contribution in [0.5, 0.6) is 0 Å². The molecule has 0 unspecified atom stereocenters. The van der Waals surface area contributed by atoms with Crippen LogP contribution < -0.4 is 0 Å². The summed E-state index contributed by atoms with van der Waals surface area (Å²) in [4.78, 5) is 27.9. The second-order valence-electron chi connectivity index (χ2n) is 4.12. The Morgan fingerprint density at radius 2 is 1.63 bits per heavy atom. The lowest BCUT2D eigenvalue weighted by atomic mass is 10.3. The van der Waals surface area contributed by atoms with Crippen LogP contribution in [0, 0.1) is 0 Å². The number of nitrogens with one attached hydrogen (secondary N) is 1. The van der Waals surface area contributed by atoms with Crippen molar-refractivity contribution in [1.29, 1.82) is 0 Å². The van der Waals surface area contributed by atoms with E-state index in [1.54, 1.807) is 31.3 Å². The molecule has 0 aliphatic rings. The third-order valence-electron chi connectivity index (χ3n) is 2.71. The minimum atomic E-state index is -0.165. The van der Waals surface area contributed by atoms with E-state index in [0.29, 0.717) is 37.7 Å². The van der Waals surface area contributed by atoms with Gasteiger partial charge in [0, 0.05) is 34.2 Å². The topological polar surface area (TPSA) is 71.6 Å². The molecule has 6 heteroatoms. The Bertz CT molecular complexity index is 420. The molecule has 0 aliphatic carbocycles. The SMILES string of the molecule is COCCN(CCOC)C(=O)c1ccc(C(C)=O)[nH]1. The van der Waals surface area contributed by atoms with Crippen molar-refractivity contribution in [3.8, 4) is 0 Å². The average Bonchev–Trinajstić information content (AvgIpc) is 2.88. The van der Waals surface area contributed by atoms with Crippen LogP contribution in [0.1, 0.15) is 27.9 Å². The second kappa shape index (κ2) is 7.70. The van der Waals surface area contributed by atoms with Crippen LogP contribution in [0.2, 0.25) is 0 Å². The van der Waals surface area contributed by atoms with Gasteiger partial charge in [-0.05, 0) is 12.1 Å². The van der Waals surface area contributed by atoms with Gasteiger partial charge in [0.15, 0.2) is 5.78 Å². The molecule has 1 N–H and O–H groups in total. The zero-order valence-corrected chi connectivity index (χ0v) is 11.6. The first-order valence-electron chi connectivity index (χ1n) is 6.07. The number of ether oxygens (including phenoxy) is 2. The van der Waals surface area contributed by atoms with E-state index in [2.05, 4.69) is 4.98 Å². The largest absolute Gasteiger partial charge is 0.383 e. The van der Waals surface area contributed by atoms with Gasteiger partial charge in [-0.15, -0.1) is 0 Å². The number of aromatic amines is 1. The number of carbonyl (C=O) groups excluding carboxylic acids is 2. The fourth-order valence-electron chi connectivity index (χ4n) is 1.61. The molecule has 0 saturated carbocycles. The number of ketones is 1. The Kier molecular flexibility index (Phi) is 6.24. The molecular weight excluding hydrogens is 248 g/mol. The van der Waals surface area contributed by atoms with Gasteiger partial charge in [0.2, 0.25) is 0 Å². The van der Waals surface area contributed by atoms with Gasteiger partial charge in [0.05, 0.1) is 18.9 Å². The first-order valence-corrected chi connectivity index (χ1v) is 6.07. The van der Waals surface area contributed by atoms with Crippen LogP contribution >= 0.6 is 0 Å². The minimum absolute atomic E-state index is 0.0978. The summed E-state index contributed by atoms with van der Waals surface area (Å²) in [5.74, 6) is -0.263. The van der Waals surface area contributed by atoms with Crippen LogP contribution in [0.15, 0.2) is 12.1 Å².